The smallest absolute Gasteiger partial charge is 0.325 e. The molecule has 10 heteroatoms. The van der Waals surface area contributed by atoms with Crippen LogP contribution in [0, 0.1) is 0 Å². The van der Waals surface area contributed by atoms with Crippen LogP contribution in [0.15, 0.2) is 60.8 Å². The van der Waals surface area contributed by atoms with E-state index in [9.17, 15) is 22.8 Å². The zero-order valence-corrected chi connectivity index (χ0v) is 19.8. The lowest BCUT2D eigenvalue weighted by atomic mass is 10.1. The first-order valence-corrected chi connectivity index (χ1v) is 13.3. The number of imide groups is 1. The molecule has 5 rings (SSSR count). The van der Waals surface area contributed by atoms with E-state index in [2.05, 4.69) is 10.3 Å². The number of rotatable bonds is 7. The van der Waals surface area contributed by atoms with Gasteiger partial charge in [0.15, 0.2) is 9.84 Å². The molecular formula is C25H26N4O5S. The number of nitrogens with zero attached hydrogens (tertiary/aromatic N) is 2. The van der Waals surface area contributed by atoms with E-state index in [1.807, 2.05) is 60.8 Å². The summed E-state index contributed by atoms with van der Waals surface area (Å²) < 4.78 is 24.2. The van der Waals surface area contributed by atoms with Crippen LogP contribution in [0.1, 0.15) is 17.5 Å². The number of aromatic nitrogens is 1. The summed E-state index contributed by atoms with van der Waals surface area (Å²) >= 11 is 0. The summed E-state index contributed by atoms with van der Waals surface area (Å²) in [5.41, 5.74) is 2.68. The maximum atomic E-state index is 13.3. The second-order valence-corrected chi connectivity index (χ2v) is 11.3. The summed E-state index contributed by atoms with van der Waals surface area (Å²) in [7, 11) is -3.23. The van der Waals surface area contributed by atoms with Gasteiger partial charge >= 0.3 is 6.03 Å². The number of carbonyl (C=O) groups excluding carboxylic acids is 3. The van der Waals surface area contributed by atoms with Crippen molar-refractivity contribution in [1.82, 2.24) is 20.1 Å². The molecule has 2 aliphatic rings. The normalized spacial score (nSPS) is 21.4. The molecule has 0 bridgehead atoms. The Labute approximate surface area is 203 Å². The SMILES string of the molecule is O=C1N[C@@H](Cc2c[nH]c3ccccc23)C(=O)N1CC(=O)N(Cc1ccccc1)[C@@H]1CCS(=O)(=O)C1. The van der Waals surface area contributed by atoms with Crippen molar-refractivity contribution in [2.24, 2.45) is 0 Å². The number of para-hydroxylation sites is 1. The Balaban J connectivity index is 1.31. The molecule has 182 valence electrons. The predicted molar refractivity (Wildman–Crippen MR) is 130 cm³/mol. The Bertz CT molecular complexity index is 1390. The summed E-state index contributed by atoms with van der Waals surface area (Å²) in [6.45, 7) is -0.222. The molecule has 2 aromatic carbocycles. The highest BCUT2D eigenvalue weighted by Gasteiger charge is 2.41. The average Bonchev–Trinajstić information content (AvgIpc) is 3.50. The fraction of sp³-hybridized carbons (Fsp3) is 0.320. The first-order valence-electron chi connectivity index (χ1n) is 11.5. The molecule has 2 atom stereocenters. The minimum absolute atomic E-state index is 0.0199. The van der Waals surface area contributed by atoms with Crippen molar-refractivity contribution in [3.63, 3.8) is 0 Å². The highest BCUT2D eigenvalue weighted by Crippen LogP contribution is 2.23. The Kier molecular flexibility index (Phi) is 6.06. The fourth-order valence-corrected chi connectivity index (χ4v) is 6.56. The van der Waals surface area contributed by atoms with Crippen molar-refractivity contribution in [2.75, 3.05) is 18.1 Å². The number of urea groups is 1. The first-order chi connectivity index (χ1) is 16.8. The van der Waals surface area contributed by atoms with Gasteiger partial charge in [-0.2, -0.15) is 0 Å². The van der Waals surface area contributed by atoms with Crippen LogP contribution in [0.5, 0.6) is 0 Å². The molecule has 0 radical (unpaired) electrons. The van der Waals surface area contributed by atoms with Crippen LogP contribution in [-0.2, 0) is 32.4 Å². The van der Waals surface area contributed by atoms with Crippen molar-refractivity contribution in [1.29, 1.82) is 0 Å². The van der Waals surface area contributed by atoms with Crippen molar-refractivity contribution in [3.8, 4) is 0 Å². The van der Waals surface area contributed by atoms with E-state index >= 15 is 0 Å². The van der Waals surface area contributed by atoms with Gasteiger partial charge in [-0.3, -0.25) is 14.5 Å². The van der Waals surface area contributed by atoms with Gasteiger partial charge in [0.25, 0.3) is 5.91 Å². The van der Waals surface area contributed by atoms with Gasteiger partial charge in [-0.15, -0.1) is 0 Å². The number of fused-ring (bicyclic) bond motifs is 1. The molecule has 1 aromatic heterocycles. The van der Waals surface area contributed by atoms with Crippen LogP contribution in [0.2, 0.25) is 0 Å². The number of carbonyl (C=O) groups is 3. The third-order valence-corrected chi connectivity index (χ3v) is 8.41. The molecule has 0 saturated carbocycles. The van der Waals surface area contributed by atoms with E-state index in [0.29, 0.717) is 12.8 Å². The maximum absolute atomic E-state index is 13.3. The largest absolute Gasteiger partial charge is 0.361 e. The summed E-state index contributed by atoms with van der Waals surface area (Å²) in [6.07, 6.45) is 2.46. The summed E-state index contributed by atoms with van der Waals surface area (Å²) in [5, 5.41) is 3.66. The number of sulfone groups is 1. The zero-order valence-electron chi connectivity index (χ0n) is 19.0. The van der Waals surface area contributed by atoms with E-state index in [1.165, 1.54) is 4.90 Å². The molecule has 3 aromatic rings. The lowest BCUT2D eigenvalue weighted by molar-refractivity contribution is -0.139. The van der Waals surface area contributed by atoms with Crippen LogP contribution in [-0.4, -0.2) is 71.2 Å². The molecule has 0 aliphatic carbocycles. The summed E-state index contributed by atoms with van der Waals surface area (Å²) in [6, 6.07) is 15.1. The molecule has 2 aliphatic heterocycles. The minimum atomic E-state index is -3.23. The van der Waals surface area contributed by atoms with Gasteiger partial charge in [-0.1, -0.05) is 48.5 Å². The molecular weight excluding hydrogens is 468 g/mol. The van der Waals surface area contributed by atoms with Gasteiger partial charge in [0.2, 0.25) is 5.91 Å². The molecule has 35 heavy (non-hydrogen) atoms. The lowest BCUT2D eigenvalue weighted by Gasteiger charge is -2.29. The number of amides is 4. The third-order valence-electron chi connectivity index (χ3n) is 6.66. The van der Waals surface area contributed by atoms with Gasteiger partial charge in [-0.05, 0) is 23.6 Å². The van der Waals surface area contributed by atoms with E-state index in [-0.39, 0.29) is 18.1 Å². The first kappa shape index (κ1) is 23.1. The molecule has 2 saturated heterocycles. The number of hydrogen-bond acceptors (Lipinski definition) is 5. The second kappa shape index (κ2) is 9.18. The van der Waals surface area contributed by atoms with Crippen molar-refractivity contribution in [3.05, 3.63) is 71.9 Å². The molecule has 0 unspecified atom stereocenters. The van der Waals surface area contributed by atoms with Crippen LogP contribution in [0.4, 0.5) is 4.79 Å². The van der Waals surface area contributed by atoms with Crippen LogP contribution >= 0.6 is 0 Å². The second-order valence-electron chi connectivity index (χ2n) is 9.05. The molecule has 3 heterocycles. The van der Waals surface area contributed by atoms with E-state index < -0.39 is 46.3 Å². The maximum Gasteiger partial charge on any atom is 0.325 e. The van der Waals surface area contributed by atoms with Crippen LogP contribution in [0.3, 0.4) is 0 Å². The molecule has 2 fully saturated rings. The molecule has 2 N–H and O–H groups in total. The standard InChI is InChI=1S/C25H26N4O5S/c30-23(28(14-17-6-2-1-3-7-17)19-10-11-35(33,34)16-19)15-29-24(31)22(27-25(29)32)12-18-13-26-21-9-5-4-8-20(18)21/h1-9,13,19,22,26H,10-12,14-16H2,(H,27,32)/t19-,22+/m1/s1. The van der Waals surface area contributed by atoms with Crippen molar-refractivity contribution < 1.29 is 22.8 Å². The van der Waals surface area contributed by atoms with Gasteiger partial charge in [0.1, 0.15) is 12.6 Å². The number of aromatic amines is 1. The number of H-pyrrole nitrogens is 1. The highest BCUT2D eigenvalue weighted by molar-refractivity contribution is 7.91. The van der Waals surface area contributed by atoms with Crippen molar-refractivity contribution >= 4 is 38.6 Å². The highest BCUT2D eigenvalue weighted by atomic mass is 32.2. The lowest BCUT2D eigenvalue weighted by Crippen LogP contribution is -2.47. The Morgan fingerprint density at radius 2 is 1.80 bits per heavy atom. The van der Waals surface area contributed by atoms with Crippen LogP contribution < -0.4 is 5.32 Å². The quantitative estimate of drug-likeness (QED) is 0.486. The molecule has 4 amide bonds. The zero-order chi connectivity index (χ0) is 24.6. The van der Waals surface area contributed by atoms with Crippen LogP contribution in [0.25, 0.3) is 10.9 Å². The molecule has 0 spiro atoms. The van der Waals surface area contributed by atoms with Gasteiger partial charge < -0.3 is 15.2 Å². The van der Waals surface area contributed by atoms with Gasteiger partial charge in [0.05, 0.1) is 11.5 Å². The summed E-state index contributed by atoms with van der Waals surface area (Å²) in [4.78, 5) is 44.7. The van der Waals surface area contributed by atoms with E-state index in [4.69, 9.17) is 0 Å². The Hall–Kier alpha value is -3.66. The average molecular weight is 495 g/mol. The topological polar surface area (TPSA) is 120 Å². The number of hydrogen-bond donors (Lipinski definition) is 2. The van der Waals surface area contributed by atoms with E-state index in [1.54, 1.807) is 0 Å². The monoisotopic (exact) mass is 494 g/mol. The number of benzene rings is 2. The predicted octanol–water partition coefficient (Wildman–Crippen LogP) is 1.85. The summed E-state index contributed by atoms with van der Waals surface area (Å²) in [5.74, 6) is -1.01. The van der Waals surface area contributed by atoms with Gasteiger partial charge in [-0.25, -0.2) is 13.2 Å². The third kappa shape index (κ3) is 4.79. The fourth-order valence-electron chi connectivity index (χ4n) is 4.83. The van der Waals surface area contributed by atoms with E-state index in [0.717, 1.165) is 26.9 Å². The van der Waals surface area contributed by atoms with Crippen molar-refractivity contribution in [2.45, 2.75) is 31.5 Å². The Morgan fingerprint density at radius 3 is 2.54 bits per heavy atom. The minimum Gasteiger partial charge on any atom is -0.361 e. The number of nitrogens with one attached hydrogen (secondary N) is 2. The van der Waals surface area contributed by atoms with Gasteiger partial charge in [0, 0.05) is 36.1 Å². The molecule has 9 nitrogen and oxygen atoms in total. The Morgan fingerprint density at radius 1 is 1.06 bits per heavy atom.